The predicted molar refractivity (Wildman–Crippen MR) is 151 cm³/mol. The smallest absolute Gasteiger partial charge is 0.286 e. The number of benzene rings is 2. The van der Waals surface area contributed by atoms with Crippen molar-refractivity contribution in [2.24, 2.45) is 0 Å². The topological polar surface area (TPSA) is 105 Å². The molecule has 2 N–H and O–H groups in total. The molecule has 8 nitrogen and oxygen atoms in total. The number of carbonyl (C=O) groups excluding carboxylic acids is 3. The van der Waals surface area contributed by atoms with E-state index in [4.69, 9.17) is 9.47 Å². The Kier molecular flexibility index (Phi) is 8.62. The highest BCUT2D eigenvalue weighted by atomic mass is 79.9. The molecule has 0 radical (unpaired) electrons. The van der Waals surface area contributed by atoms with Crippen molar-refractivity contribution < 1.29 is 29.0 Å². The van der Waals surface area contributed by atoms with Gasteiger partial charge in [0.05, 0.1) is 11.8 Å². The zero-order valence-electron chi connectivity index (χ0n) is 22.1. The van der Waals surface area contributed by atoms with Crippen molar-refractivity contribution >= 4 is 44.7 Å². The maximum absolute atomic E-state index is 13.7. The minimum absolute atomic E-state index is 0.0915. The summed E-state index contributed by atoms with van der Waals surface area (Å²) in [7, 11) is 0. The van der Waals surface area contributed by atoms with E-state index in [2.05, 4.69) is 21.2 Å². The second-order valence-electron chi connectivity index (χ2n) is 9.93. The standard InChI is InChI=1S/C28H33BrN2O6S/c1-16-17(2)24-21(18(3)23(16)32)9-10-28(4,37-24)26(34)31(12-11-29)13-14-36-20-7-5-19(6-8-20)15-22-25(33)30-27(35)38-22/h5-8,22,32H,9-15H2,1-4H3,(H,30,33,35). The van der Waals surface area contributed by atoms with Gasteiger partial charge in [0.2, 0.25) is 5.91 Å². The number of amides is 3. The van der Waals surface area contributed by atoms with E-state index < -0.39 is 10.9 Å². The van der Waals surface area contributed by atoms with E-state index in [0.29, 0.717) is 61.5 Å². The van der Waals surface area contributed by atoms with Gasteiger partial charge in [-0.15, -0.1) is 0 Å². The average Bonchev–Trinajstić information content (AvgIpc) is 3.22. The zero-order valence-corrected chi connectivity index (χ0v) is 24.5. The Morgan fingerprint density at radius 1 is 1.18 bits per heavy atom. The van der Waals surface area contributed by atoms with Crippen molar-refractivity contribution in [2.45, 2.75) is 57.8 Å². The van der Waals surface area contributed by atoms with Crippen LogP contribution in [0.15, 0.2) is 24.3 Å². The van der Waals surface area contributed by atoms with E-state index in [0.717, 1.165) is 39.6 Å². The Bertz CT molecular complexity index is 1250. The second kappa shape index (κ2) is 11.6. The SMILES string of the molecule is Cc1c(C)c2c(c(C)c1O)CCC(C)(C(=O)N(CCBr)CCOc1ccc(CC3SC(=O)NC3=O)cc1)O2. The summed E-state index contributed by atoms with van der Waals surface area (Å²) < 4.78 is 12.3. The molecule has 4 rings (SSSR count). The fraction of sp³-hybridized carbons (Fsp3) is 0.464. The summed E-state index contributed by atoms with van der Waals surface area (Å²) in [5.74, 6) is 1.31. The number of hydrogen-bond donors (Lipinski definition) is 2. The largest absolute Gasteiger partial charge is 0.507 e. The van der Waals surface area contributed by atoms with E-state index in [1.807, 2.05) is 52.0 Å². The third-order valence-electron chi connectivity index (χ3n) is 7.36. The summed E-state index contributed by atoms with van der Waals surface area (Å²) in [6.07, 6.45) is 1.64. The number of ether oxygens (including phenoxy) is 2. The lowest BCUT2D eigenvalue weighted by Gasteiger charge is -2.39. The van der Waals surface area contributed by atoms with Crippen molar-refractivity contribution in [1.29, 1.82) is 0 Å². The molecule has 2 aliphatic rings. The van der Waals surface area contributed by atoms with Gasteiger partial charge < -0.3 is 19.5 Å². The first-order valence-corrected chi connectivity index (χ1v) is 14.6. The summed E-state index contributed by atoms with van der Waals surface area (Å²) in [4.78, 5) is 38.6. The monoisotopic (exact) mass is 604 g/mol. The molecule has 2 unspecified atom stereocenters. The molecule has 0 aromatic heterocycles. The van der Waals surface area contributed by atoms with E-state index in [1.54, 1.807) is 4.90 Å². The van der Waals surface area contributed by atoms with Gasteiger partial charge in [-0.25, -0.2) is 0 Å². The Hall–Kier alpha value is -2.72. The summed E-state index contributed by atoms with van der Waals surface area (Å²) >= 11 is 4.47. The van der Waals surface area contributed by atoms with Crippen LogP contribution in [-0.4, -0.2) is 62.9 Å². The molecule has 0 spiro atoms. The van der Waals surface area contributed by atoms with E-state index in [-0.39, 0.29) is 17.1 Å². The fourth-order valence-corrected chi connectivity index (χ4v) is 6.17. The number of carbonyl (C=O) groups is 3. The van der Waals surface area contributed by atoms with Crippen LogP contribution < -0.4 is 14.8 Å². The Labute approximate surface area is 235 Å². The summed E-state index contributed by atoms with van der Waals surface area (Å²) in [5.41, 5.74) is 3.34. The number of halogens is 1. The molecule has 0 aliphatic carbocycles. The first-order valence-electron chi connectivity index (χ1n) is 12.6. The van der Waals surface area contributed by atoms with Gasteiger partial charge in [-0.2, -0.15) is 0 Å². The van der Waals surface area contributed by atoms with Crippen LogP contribution >= 0.6 is 27.7 Å². The summed E-state index contributed by atoms with van der Waals surface area (Å²) in [6, 6.07) is 7.42. The summed E-state index contributed by atoms with van der Waals surface area (Å²) in [6.45, 7) is 8.73. The molecule has 0 bridgehead atoms. The highest BCUT2D eigenvalue weighted by Gasteiger charge is 2.43. The van der Waals surface area contributed by atoms with Gasteiger partial charge in [-0.05, 0) is 74.9 Å². The number of aromatic hydroxyl groups is 1. The molecule has 3 amide bonds. The molecule has 38 heavy (non-hydrogen) atoms. The number of alkyl halides is 1. The highest BCUT2D eigenvalue weighted by molar-refractivity contribution is 9.09. The number of fused-ring (bicyclic) bond motifs is 1. The van der Waals surface area contributed by atoms with Gasteiger partial charge in [0.1, 0.15) is 23.9 Å². The van der Waals surface area contributed by atoms with Crippen LogP contribution in [0.3, 0.4) is 0 Å². The van der Waals surface area contributed by atoms with Gasteiger partial charge >= 0.3 is 0 Å². The Morgan fingerprint density at radius 2 is 1.89 bits per heavy atom. The van der Waals surface area contributed by atoms with Crippen LogP contribution in [0.1, 0.15) is 41.2 Å². The van der Waals surface area contributed by atoms with Crippen molar-refractivity contribution in [2.75, 3.05) is 25.0 Å². The maximum Gasteiger partial charge on any atom is 0.286 e. The lowest BCUT2D eigenvalue weighted by atomic mass is 9.86. The predicted octanol–water partition coefficient (Wildman–Crippen LogP) is 4.60. The first kappa shape index (κ1) is 28.3. The highest BCUT2D eigenvalue weighted by Crippen LogP contribution is 2.43. The molecule has 1 saturated heterocycles. The molecular weight excluding hydrogens is 572 g/mol. The third-order valence-corrected chi connectivity index (χ3v) is 8.69. The average molecular weight is 606 g/mol. The second-order valence-corrected chi connectivity index (χ2v) is 11.9. The molecule has 0 saturated carbocycles. The molecule has 2 aromatic rings. The first-order chi connectivity index (χ1) is 18.0. The van der Waals surface area contributed by atoms with Crippen LogP contribution in [0.4, 0.5) is 4.79 Å². The molecule has 2 aromatic carbocycles. The van der Waals surface area contributed by atoms with Crippen LogP contribution in [0, 0.1) is 20.8 Å². The summed E-state index contributed by atoms with van der Waals surface area (Å²) in [5, 5.41) is 12.7. The lowest BCUT2D eigenvalue weighted by molar-refractivity contribution is -0.148. The van der Waals surface area contributed by atoms with Crippen molar-refractivity contribution in [3.63, 3.8) is 0 Å². The van der Waals surface area contributed by atoms with E-state index >= 15 is 0 Å². The van der Waals surface area contributed by atoms with Gasteiger partial charge in [0.15, 0.2) is 5.60 Å². The molecule has 2 atom stereocenters. The maximum atomic E-state index is 13.7. The number of phenolic OH excluding ortho intramolecular Hbond substituents is 1. The quantitative estimate of drug-likeness (QED) is 0.403. The third kappa shape index (κ3) is 5.81. The van der Waals surface area contributed by atoms with Gasteiger partial charge in [-0.3, -0.25) is 19.7 Å². The number of imide groups is 1. The van der Waals surface area contributed by atoms with Crippen molar-refractivity contribution in [3.8, 4) is 17.2 Å². The number of nitrogens with one attached hydrogen (secondary N) is 1. The van der Waals surface area contributed by atoms with Crippen LogP contribution in [0.2, 0.25) is 0 Å². The van der Waals surface area contributed by atoms with E-state index in [9.17, 15) is 19.5 Å². The minimum atomic E-state index is -1.01. The van der Waals surface area contributed by atoms with Crippen molar-refractivity contribution in [1.82, 2.24) is 10.2 Å². The number of hydrogen-bond acceptors (Lipinski definition) is 7. The number of phenols is 1. The Morgan fingerprint density at radius 3 is 2.53 bits per heavy atom. The van der Waals surface area contributed by atoms with Gasteiger partial charge in [0.25, 0.3) is 11.1 Å². The van der Waals surface area contributed by atoms with Gasteiger partial charge in [0, 0.05) is 23.9 Å². The lowest BCUT2D eigenvalue weighted by Crippen LogP contribution is -2.54. The molecule has 2 heterocycles. The van der Waals surface area contributed by atoms with Crippen LogP contribution in [0.5, 0.6) is 17.2 Å². The van der Waals surface area contributed by atoms with Gasteiger partial charge in [-0.1, -0.05) is 39.8 Å². The van der Waals surface area contributed by atoms with Crippen LogP contribution in [-0.2, 0) is 22.4 Å². The van der Waals surface area contributed by atoms with Crippen LogP contribution in [0.25, 0.3) is 0 Å². The Balaban J connectivity index is 1.37. The normalized spacial score (nSPS) is 20.5. The molecular formula is C28H33BrN2O6S. The van der Waals surface area contributed by atoms with Crippen molar-refractivity contribution in [3.05, 3.63) is 52.1 Å². The number of nitrogens with zero attached hydrogens (tertiary/aromatic N) is 1. The number of thioether (sulfide) groups is 1. The zero-order chi connectivity index (χ0) is 27.6. The molecule has 204 valence electrons. The molecule has 10 heteroatoms. The molecule has 1 fully saturated rings. The molecule has 2 aliphatic heterocycles. The number of rotatable bonds is 9. The minimum Gasteiger partial charge on any atom is -0.507 e. The fourth-order valence-electron chi connectivity index (χ4n) is 4.89. The van der Waals surface area contributed by atoms with E-state index in [1.165, 1.54) is 0 Å².